The van der Waals surface area contributed by atoms with Crippen LogP contribution >= 0.6 is 15.9 Å². The van der Waals surface area contributed by atoms with E-state index >= 15 is 0 Å². The smallest absolute Gasteiger partial charge is 0.303 e. The molecule has 0 amide bonds. The molecule has 0 fully saturated rings. The van der Waals surface area contributed by atoms with Gasteiger partial charge in [0.05, 0.1) is 10.7 Å². The Labute approximate surface area is 124 Å². The SMILES string of the molecule is CC(=O)OC[C@H]1OC=C(Br)C(OC(C)=O)[C@H]1OC(C)=O. The van der Waals surface area contributed by atoms with Crippen LogP contribution in [0.4, 0.5) is 0 Å². The minimum atomic E-state index is -0.907. The second-order valence-electron chi connectivity index (χ2n) is 4.08. The molecule has 1 aliphatic heterocycles. The fraction of sp³-hybridized carbons (Fsp3) is 0.583. The third-order valence-electron chi connectivity index (χ3n) is 2.34. The highest BCUT2D eigenvalue weighted by Crippen LogP contribution is 2.28. The number of hydrogen-bond donors (Lipinski definition) is 0. The first-order valence-corrected chi connectivity index (χ1v) is 6.59. The second-order valence-corrected chi connectivity index (χ2v) is 5.00. The van der Waals surface area contributed by atoms with E-state index in [0.717, 1.165) is 0 Å². The van der Waals surface area contributed by atoms with Crippen molar-refractivity contribution in [3.63, 3.8) is 0 Å². The van der Waals surface area contributed by atoms with Gasteiger partial charge in [-0.25, -0.2) is 0 Å². The van der Waals surface area contributed by atoms with Crippen LogP contribution in [0.5, 0.6) is 0 Å². The Balaban J connectivity index is 2.90. The van der Waals surface area contributed by atoms with E-state index in [1.807, 2.05) is 0 Å². The average molecular weight is 351 g/mol. The molecule has 3 atom stereocenters. The molecule has 1 heterocycles. The predicted octanol–water partition coefficient (Wildman–Crippen LogP) is 1.05. The molecule has 0 aliphatic carbocycles. The van der Waals surface area contributed by atoms with Crippen molar-refractivity contribution in [1.82, 2.24) is 0 Å². The number of esters is 3. The van der Waals surface area contributed by atoms with Crippen molar-refractivity contribution in [3.05, 3.63) is 10.7 Å². The first-order chi connectivity index (χ1) is 9.31. The quantitative estimate of drug-likeness (QED) is 0.553. The van der Waals surface area contributed by atoms with Gasteiger partial charge in [0.2, 0.25) is 0 Å². The van der Waals surface area contributed by atoms with E-state index in [1.54, 1.807) is 0 Å². The largest absolute Gasteiger partial charge is 0.489 e. The Bertz CT molecular complexity index is 432. The molecule has 1 rings (SSSR count). The summed E-state index contributed by atoms with van der Waals surface area (Å²) in [4.78, 5) is 33.1. The second kappa shape index (κ2) is 7.28. The van der Waals surface area contributed by atoms with Crippen molar-refractivity contribution < 1.29 is 33.3 Å². The fourth-order valence-electron chi connectivity index (χ4n) is 1.61. The van der Waals surface area contributed by atoms with E-state index in [2.05, 4.69) is 15.9 Å². The molecule has 20 heavy (non-hydrogen) atoms. The van der Waals surface area contributed by atoms with Crippen LogP contribution in [-0.4, -0.2) is 42.8 Å². The third-order valence-corrected chi connectivity index (χ3v) is 2.98. The van der Waals surface area contributed by atoms with Gasteiger partial charge in [0.15, 0.2) is 18.3 Å². The van der Waals surface area contributed by atoms with Crippen LogP contribution in [0.15, 0.2) is 10.7 Å². The van der Waals surface area contributed by atoms with Crippen LogP contribution in [0.3, 0.4) is 0 Å². The minimum Gasteiger partial charge on any atom is -0.489 e. The van der Waals surface area contributed by atoms with Crippen molar-refractivity contribution >= 4 is 33.8 Å². The summed E-state index contributed by atoms with van der Waals surface area (Å²) in [5, 5.41) is 0. The number of carbonyl (C=O) groups is 3. The Hall–Kier alpha value is -1.57. The zero-order valence-electron chi connectivity index (χ0n) is 11.3. The maximum absolute atomic E-state index is 11.2. The van der Waals surface area contributed by atoms with Gasteiger partial charge in [-0.15, -0.1) is 0 Å². The normalized spacial score (nSPS) is 25.0. The van der Waals surface area contributed by atoms with Gasteiger partial charge in [-0.05, 0) is 15.9 Å². The van der Waals surface area contributed by atoms with Gasteiger partial charge in [-0.1, -0.05) is 0 Å². The van der Waals surface area contributed by atoms with Gasteiger partial charge in [0, 0.05) is 20.8 Å². The van der Waals surface area contributed by atoms with E-state index in [4.69, 9.17) is 18.9 Å². The molecule has 0 aromatic carbocycles. The summed E-state index contributed by atoms with van der Waals surface area (Å²) in [6.07, 6.45) is -1.18. The van der Waals surface area contributed by atoms with Gasteiger partial charge in [0.25, 0.3) is 0 Å². The average Bonchev–Trinajstić information content (AvgIpc) is 2.31. The molecule has 1 unspecified atom stereocenters. The highest BCUT2D eigenvalue weighted by atomic mass is 79.9. The lowest BCUT2D eigenvalue weighted by Crippen LogP contribution is -2.48. The molecule has 0 spiro atoms. The summed E-state index contributed by atoms with van der Waals surface area (Å²) >= 11 is 3.18. The van der Waals surface area contributed by atoms with Crippen LogP contribution in [0.2, 0.25) is 0 Å². The van der Waals surface area contributed by atoms with Gasteiger partial charge in [0.1, 0.15) is 6.61 Å². The highest BCUT2D eigenvalue weighted by Gasteiger charge is 2.41. The standard InChI is InChI=1S/C12H15BrO7/c1-6(14)17-5-10-12(20-8(3)16)11(19-7(2)15)9(13)4-18-10/h4,10-12H,5H2,1-3H3/t10-,11?,12+/m1/s1. The maximum atomic E-state index is 11.2. The molecule has 7 nitrogen and oxygen atoms in total. The molecule has 112 valence electrons. The zero-order valence-corrected chi connectivity index (χ0v) is 12.8. The summed E-state index contributed by atoms with van der Waals surface area (Å²) in [7, 11) is 0. The Morgan fingerprint density at radius 2 is 1.75 bits per heavy atom. The molecule has 0 saturated heterocycles. The van der Waals surface area contributed by atoms with E-state index in [0.29, 0.717) is 4.48 Å². The summed E-state index contributed by atoms with van der Waals surface area (Å²) in [5.74, 6) is -1.59. The fourth-order valence-corrected chi connectivity index (χ4v) is 2.08. The summed E-state index contributed by atoms with van der Waals surface area (Å²) < 4.78 is 20.8. The summed E-state index contributed by atoms with van der Waals surface area (Å²) in [6.45, 7) is 3.59. The number of carbonyl (C=O) groups excluding carboxylic acids is 3. The minimum absolute atomic E-state index is 0.123. The monoisotopic (exact) mass is 350 g/mol. The van der Waals surface area contributed by atoms with Crippen molar-refractivity contribution in [3.8, 4) is 0 Å². The maximum Gasteiger partial charge on any atom is 0.303 e. The molecular weight excluding hydrogens is 336 g/mol. The lowest BCUT2D eigenvalue weighted by Gasteiger charge is -2.34. The van der Waals surface area contributed by atoms with E-state index < -0.39 is 36.2 Å². The molecule has 1 aliphatic rings. The van der Waals surface area contributed by atoms with Crippen molar-refractivity contribution in [2.75, 3.05) is 6.61 Å². The molecular formula is C12H15BrO7. The number of halogens is 1. The van der Waals surface area contributed by atoms with E-state index in [9.17, 15) is 14.4 Å². The van der Waals surface area contributed by atoms with E-state index in [1.165, 1.54) is 27.0 Å². The molecule has 8 heteroatoms. The van der Waals surface area contributed by atoms with Crippen LogP contribution < -0.4 is 0 Å². The summed E-state index contributed by atoms with van der Waals surface area (Å²) in [6, 6.07) is 0. The summed E-state index contributed by atoms with van der Waals surface area (Å²) in [5.41, 5.74) is 0. The van der Waals surface area contributed by atoms with Crippen LogP contribution in [-0.2, 0) is 33.3 Å². The molecule has 0 aromatic rings. The Morgan fingerprint density at radius 1 is 1.15 bits per heavy atom. The number of rotatable bonds is 4. The van der Waals surface area contributed by atoms with Crippen LogP contribution in [0.25, 0.3) is 0 Å². The van der Waals surface area contributed by atoms with E-state index in [-0.39, 0.29) is 6.61 Å². The van der Waals surface area contributed by atoms with Gasteiger partial charge in [-0.3, -0.25) is 14.4 Å². The highest BCUT2D eigenvalue weighted by molar-refractivity contribution is 9.11. The van der Waals surface area contributed by atoms with Crippen molar-refractivity contribution in [2.24, 2.45) is 0 Å². The van der Waals surface area contributed by atoms with Crippen molar-refractivity contribution in [2.45, 2.75) is 39.1 Å². The lowest BCUT2D eigenvalue weighted by atomic mass is 10.1. The van der Waals surface area contributed by atoms with Gasteiger partial charge >= 0.3 is 17.9 Å². The molecule has 0 aromatic heterocycles. The number of hydrogen-bond acceptors (Lipinski definition) is 7. The molecule has 0 N–H and O–H groups in total. The number of ether oxygens (including phenoxy) is 4. The zero-order chi connectivity index (χ0) is 15.3. The topological polar surface area (TPSA) is 88.1 Å². The molecule has 0 bridgehead atoms. The predicted molar refractivity (Wildman–Crippen MR) is 69.6 cm³/mol. The third kappa shape index (κ3) is 4.84. The first kappa shape index (κ1) is 16.5. The van der Waals surface area contributed by atoms with Gasteiger partial charge < -0.3 is 18.9 Å². The molecule has 0 radical (unpaired) electrons. The Morgan fingerprint density at radius 3 is 2.25 bits per heavy atom. The van der Waals surface area contributed by atoms with Crippen molar-refractivity contribution in [1.29, 1.82) is 0 Å². The van der Waals surface area contributed by atoms with Crippen LogP contribution in [0, 0.1) is 0 Å². The van der Waals surface area contributed by atoms with Gasteiger partial charge in [-0.2, -0.15) is 0 Å². The van der Waals surface area contributed by atoms with Crippen LogP contribution in [0.1, 0.15) is 20.8 Å². The first-order valence-electron chi connectivity index (χ1n) is 5.80. The lowest BCUT2D eigenvalue weighted by molar-refractivity contribution is -0.179. The molecule has 0 saturated carbocycles. The Kier molecular flexibility index (Phi) is 6.00.